The van der Waals surface area contributed by atoms with Crippen LogP contribution in [-0.2, 0) is 16.6 Å². The summed E-state index contributed by atoms with van der Waals surface area (Å²) in [5.74, 6) is 0.0686. The zero-order chi connectivity index (χ0) is 13.0. The third-order valence-electron chi connectivity index (χ3n) is 2.12. The van der Waals surface area contributed by atoms with Gasteiger partial charge < -0.3 is 5.32 Å². The van der Waals surface area contributed by atoms with E-state index < -0.39 is 10.0 Å². The molecule has 2 rings (SSSR count). The first-order valence-corrected chi connectivity index (χ1v) is 7.50. The number of anilines is 1. The van der Waals surface area contributed by atoms with Gasteiger partial charge in [0.2, 0.25) is 5.95 Å². The number of hydrogen-bond acceptors (Lipinski definition) is 6. The highest BCUT2D eigenvalue weighted by molar-refractivity contribution is 7.92. The van der Waals surface area contributed by atoms with Crippen molar-refractivity contribution < 1.29 is 8.42 Å². The molecule has 0 aliphatic heterocycles. The lowest BCUT2D eigenvalue weighted by atomic mass is 10.5. The van der Waals surface area contributed by atoms with Crippen molar-refractivity contribution in [2.24, 2.45) is 0 Å². The largest absolute Gasteiger partial charge is 0.315 e. The summed E-state index contributed by atoms with van der Waals surface area (Å²) in [5, 5.41) is 4.68. The van der Waals surface area contributed by atoms with Crippen LogP contribution in [0.5, 0.6) is 0 Å². The van der Waals surface area contributed by atoms with Crippen LogP contribution in [0.2, 0.25) is 0 Å². The Morgan fingerprint density at radius 1 is 1.33 bits per heavy atom. The van der Waals surface area contributed by atoms with Gasteiger partial charge in [0.05, 0.1) is 0 Å². The van der Waals surface area contributed by atoms with Crippen LogP contribution in [-0.4, -0.2) is 25.4 Å². The molecule has 0 aliphatic rings. The molecule has 0 spiro atoms. The van der Waals surface area contributed by atoms with Gasteiger partial charge in [0.15, 0.2) is 0 Å². The van der Waals surface area contributed by atoms with Gasteiger partial charge in [-0.25, -0.2) is 23.1 Å². The molecule has 2 N–H and O–H groups in total. The van der Waals surface area contributed by atoms with Crippen LogP contribution in [0.15, 0.2) is 34.8 Å². The maximum Gasteiger partial charge on any atom is 0.265 e. The normalized spacial score (nSPS) is 11.4. The number of nitrogens with one attached hydrogen (secondary N) is 2. The Morgan fingerprint density at radius 2 is 2.06 bits per heavy atom. The van der Waals surface area contributed by atoms with E-state index in [0.29, 0.717) is 6.54 Å². The molecule has 0 atom stereocenters. The van der Waals surface area contributed by atoms with Crippen molar-refractivity contribution in [3.63, 3.8) is 0 Å². The number of thiophene rings is 1. The average Bonchev–Trinajstić information content (AvgIpc) is 2.79. The smallest absolute Gasteiger partial charge is 0.265 e. The van der Waals surface area contributed by atoms with Crippen LogP contribution >= 0.6 is 11.3 Å². The van der Waals surface area contributed by atoms with E-state index in [4.69, 9.17) is 0 Å². The summed E-state index contributed by atoms with van der Waals surface area (Å²) in [6.45, 7) is 0.504. The van der Waals surface area contributed by atoms with Crippen LogP contribution in [0.3, 0.4) is 0 Å². The third-order valence-corrected chi connectivity index (χ3v) is 4.59. The number of sulfonamides is 1. The van der Waals surface area contributed by atoms with Gasteiger partial charge in [-0.1, -0.05) is 0 Å². The first-order chi connectivity index (χ1) is 8.63. The van der Waals surface area contributed by atoms with Gasteiger partial charge in [0.1, 0.15) is 4.90 Å². The summed E-state index contributed by atoms with van der Waals surface area (Å²) < 4.78 is 26.6. The molecule has 0 radical (unpaired) electrons. The van der Waals surface area contributed by atoms with Crippen LogP contribution in [0.1, 0.15) is 4.88 Å². The van der Waals surface area contributed by atoms with E-state index in [1.165, 1.54) is 23.7 Å². The molecular weight excluding hydrogens is 272 g/mol. The number of aromatic nitrogens is 2. The highest BCUT2D eigenvalue weighted by Gasteiger charge is 2.20. The topological polar surface area (TPSA) is 84.0 Å². The van der Waals surface area contributed by atoms with E-state index in [9.17, 15) is 8.42 Å². The van der Waals surface area contributed by atoms with E-state index in [-0.39, 0.29) is 10.8 Å². The molecule has 2 heterocycles. The zero-order valence-electron chi connectivity index (χ0n) is 9.62. The quantitative estimate of drug-likeness (QED) is 0.857. The molecule has 0 bridgehead atoms. The Hall–Kier alpha value is -1.51. The highest BCUT2D eigenvalue weighted by Crippen LogP contribution is 2.23. The Kier molecular flexibility index (Phi) is 3.90. The molecule has 0 aliphatic carbocycles. The molecule has 2 aromatic heterocycles. The molecule has 96 valence electrons. The lowest BCUT2D eigenvalue weighted by Crippen LogP contribution is -2.17. The van der Waals surface area contributed by atoms with Crippen LogP contribution < -0.4 is 10.0 Å². The van der Waals surface area contributed by atoms with E-state index >= 15 is 0 Å². The first kappa shape index (κ1) is 12.9. The Balaban J connectivity index is 2.28. The summed E-state index contributed by atoms with van der Waals surface area (Å²) in [7, 11) is -1.86. The molecule has 0 saturated heterocycles. The molecular formula is C10H12N4O2S2. The molecule has 0 amide bonds. The molecule has 0 aromatic carbocycles. The van der Waals surface area contributed by atoms with Crippen molar-refractivity contribution in [3.05, 3.63) is 34.8 Å². The molecule has 0 fully saturated rings. The minimum Gasteiger partial charge on any atom is -0.315 e. The van der Waals surface area contributed by atoms with Gasteiger partial charge >= 0.3 is 0 Å². The van der Waals surface area contributed by atoms with Crippen molar-refractivity contribution in [2.45, 2.75) is 11.4 Å². The van der Waals surface area contributed by atoms with Crippen molar-refractivity contribution in [2.75, 3.05) is 11.8 Å². The highest BCUT2D eigenvalue weighted by atomic mass is 32.2. The predicted octanol–water partition coefficient (Wildman–Crippen LogP) is 1.06. The van der Waals surface area contributed by atoms with Crippen molar-refractivity contribution in [1.82, 2.24) is 15.3 Å². The van der Waals surface area contributed by atoms with Gasteiger partial charge in [-0.3, -0.25) is 0 Å². The second-order valence-corrected chi connectivity index (χ2v) is 6.07. The Morgan fingerprint density at radius 3 is 2.72 bits per heavy atom. The molecule has 2 aromatic rings. The van der Waals surface area contributed by atoms with Gasteiger partial charge in [-0.2, -0.15) is 0 Å². The summed E-state index contributed by atoms with van der Waals surface area (Å²) in [6.07, 6.45) is 2.96. The van der Waals surface area contributed by atoms with E-state index in [1.54, 1.807) is 24.6 Å². The predicted molar refractivity (Wildman–Crippen MR) is 69.9 cm³/mol. The standard InChI is InChI=1S/C10H12N4O2S2/c1-11-7-8-9(3-6-17-8)18(15,16)14-10-12-4-2-5-13-10/h2-6,11H,7H2,1H3,(H,12,13,14). The summed E-state index contributed by atoms with van der Waals surface area (Å²) in [5.41, 5.74) is 0. The van der Waals surface area contributed by atoms with Gasteiger partial charge in [-0.15, -0.1) is 11.3 Å². The lowest BCUT2D eigenvalue weighted by molar-refractivity contribution is 0.599. The van der Waals surface area contributed by atoms with Crippen LogP contribution in [0.25, 0.3) is 0 Å². The molecule has 8 heteroatoms. The minimum atomic E-state index is -3.63. The van der Waals surface area contributed by atoms with Crippen molar-refractivity contribution in [3.8, 4) is 0 Å². The number of rotatable bonds is 5. The van der Waals surface area contributed by atoms with Crippen LogP contribution in [0.4, 0.5) is 5.95 Å². The maximum atomic E-state index is 12.1. The SMILES string of the molecule is CNCc1sccc1S(=O)(=O)Nc1ncccn1. The third kappa shape index (κ3) is 2.84. The number of hydrogen-bond donors (Lipinski definition) is 2. The van der Waals surface area contributed by atoms with Crippen LogP contribution in [0, 0.1) is 0 Å². The van der Waals surface area contributed by atoms with E-state index in [1.807, 2.05) is 0 Å². The fourth-order valence-corrected chi connectivity index (χ4v) is 3.80. The van der Waals surface area contributed by atoms with E-state index in [0.717, 1.165) is 4.88 Å². The fourth-order valence-electron chi connectivity index (χ4n) is 1.38. The Labute approximate surface area is 109 Å². The molecule has 18 heavy (non-hydrogen) atoms. The van der Waals surface area contributed by atoms with Gasteiger partial charge in [0.25, 0.3) is 10.0 Å². The van der Waals surface area contributed by atoms with E-state index in [2.05, 4.69) is 20.0 Å². The van der Waals surface area contributed by atoms with Crippen molar-refractivity contribution >= 4 is 27.3 Å². The first-order valence-electron chi connectivity index (χ1n) is 5.14. The Bertz CT molecular complexity index is 610. The monoisotopic (exact) mass is 284 g/mol. The second kappa shape index (κ2) is 5.42. The summed E-state index contributed by atoms with van der Waals surface area (Å²) >= 11 is 1.39. The van der Waals surface area contributed by atoms with Gasteiger partial charge in [-0.05, 0) is 24.6 Å². The molecule has 0 saturated carbocycles. The maximum absolute atomic E-state index is 12.1. The number of nitrogens with zero attached hydrogens (tertiary/aromatic N) is 2. The second-order valence-electron chi connectivity index (χ2n) is 3.42. The van der Waals surface area contributed by atoms with Crippen molar-refractivity contribution in [1.29, 1.82) is 0 Å². The minimum absolute atomic E-state index is 0.0686. The summed E-state index contributed by atoms with van der Waals surface area (Å²) in [6, 6.07) is 3.19. The molecule has 0 unspecified atom stereocenters. The molecule has 6 nitrogen and oxygen atoms in total. The summed E-state index contributed by atoms with van der Waals surface area (Å²) in [4.78, 5) is 8.68. The van der Waals surface area contributed by atoms with Gasteiger partial charge in [0, 0.05) is 23.8 Å². The lowest BCUT2D eigenvalue weighted by Gasteiger charge is -2.06. The average molecular weight is 284 g/mol. The fraction of sp³-hybridized carbons (Fsp3) is 0.200. The zero-order valence-corrected chi connectivity index (χ0v) is 11.3.